The van der Waals surface area contributed by atoms with Crippen molar-refractivity contribution in [2.24, 2.45) is 0 Å². The molecular weight excluding hydrogens is 314 g/mol. The zero-order valence-electron chi connectivity index (χ0n) is 13.0. The standard InChI is InChI=1S/C17H17NO4S/c1-17(2,3)22-16(20)13-10(8-23-15(13)18)12-7-9-5-4-6-11(19)14(9)21-12/h4-8,19H,18H2,1-3H3. The molecule has 2 aromatic heterocycles. The molecule has 0 saturated heterocycles. The molecule has 0 spiro atoms. The third-order valence-electron chi connectivity index (χ3n) is 3.21. The number of carbonyl (C=O) groups excluding carboxylic acids is 1. The number of aromatic hydroxyl groups is 1. The molecule has 0 aliphatic rings. The van der Waals surface area contributed by atoms with Crippen molar-refractivity contribution in [1.82, 2.24) is 0 Å². The van der Waals surface area contributed by atoms with E-state index in [0.717, 1.165) is 5.39 Å². The normalized spacial score (nSPS) is 11.8. The number of nitrogens with two attached hydrogens (primary N) is 1. The van der Waals surface area contributed by atoms with E-state index in [1.807, 2.05) is 6.07 Å². The predicted molar refractivity (Wildman–Crippen MR) is 90.8 cm³/mol. The monoisotopic (exact) mass is 331 g/mol. The number of ether oxygens (including phenoxy) is 1. The molecule has 3 rings (SSSR count). The highest BCUT2D eigenvalue weighted by molar-refractivity contribution is 7.14. The first kappa shape index (κ1) is 15.4. The third-order valence-corrected chi connectivity index (χ3v) is 4.02. The van der Waals surface area contributed by atoms with Gasteiger partial charge in [0.25, 0.3) is 0 Å². The molecule has 120 valence electrons. The summed E-state index contributed by atoms with van der Waals surface area (Å²) in [7, 11) is 0. The van der Waals surface area contributed by atoms with Crippen molar-refractivity contribution >= 4 is 33.3 Å². The topological polar surface area (TPSA) is 85.7 Å². The van der Waals surface area contributed by atoms with Gasteiger partial charge in [0.15, 0.2) is 11.3 Å². The molecule has 0 aliphatic heterocycles. The minimum Gasteiger partial charge on any atom is -0.504 e. The van der Waals surface area contributed by atoms with Crippen LogP contribution in [0.5, 0.6) is 5.75 Å². The van der Waals surface area contributed by atoms with Gasteiger partial charge in [-0.15, -0.1) is 11.3 Å². The molecule has 23 heavy (non-hydrogen) atoms. The Hall–Kier alpha value is -2.47. The molecule has 3 aromatic rings. The minimum atomic E-state index is -0.616. The van der Waals surface area contributed by atoms with E-state index in [1.54, 1.807) is 44.4 Å². The van der Waals surface area contributed by atoms with Gasteiger partial charge in [-0.1, -0.05) is 12.1 Å². The SMILES string of the molecule is CC(C)(C)OC(=O)c1c(-c2cc3cccc(O)c3o2)csc1N. The lowest BCUT2D eigenvalue weighted by Crippen LogP contribution is -2.24. The Bertz CT molecular complexity index is 886. The number of esters is 1. The molecule has 0 fully saturated rings. The molecule has 0 atom stereocenters. The molecule has 0 aliphatic carbocycles. The Balaban J connectivity index is 2.09. The van der Waals surface area contributed by atoms with Crippen LogP contribution in [-0.2, 0) is 4.74 Å². The fourth-order valence-electron chi connectivity index (χ4n) is 2.27. The lowest BCUT2D eigenvalue weighted by molar-refractivity contribution is 0.00720. The van der Waals surface area contributed by atoms with Crippen LogP contribution in [-0.4, -0.2) is 16.7 Å². The molecule has 2 heterocycles. The molecule has 6 heteroatoms. The number of furan rings is 1. The van der Waals surface area contributed by atoms with Crippen LogP contribution in [0.15, 0.2) is 34.1 Å². The van der Waals surface area contributed by atoms with E-state index < -0.39 is 11.6 Å². The maximum absolute atomic E-state index is 12.4. The Morgan fingerprint density at radius 2 is 2.09 bits per heavy atom. The van der Waals surface area contributed by atoms with E-state index >= 15 is 0 Å². The average molecular weight is 331 g/mol. The molecule has 0 unspecified atom stereocenters. The van der Waals surface area contributed by atoms with Crippen LogP contribution in [0.2, 0.25) is 0 Å². The maximum Gasteiger partial charge on any atom is 0.342 e. The van der Waals surface area contributed by atoms with Crippen molar-refractivity contribution in [3.8, 4) is 17.1 Å². The molecular formula is C17H17NO4S. The number of phenols is 1. The molecule has 3 N–H and O–H groups in total. The van der Waals surface area contributed by atoms with Crippen molar-refractivity contribution in [3.05, 3.63) is 35.2 Å². The van der Waals surface area contributed by atoms with E-state index in [2.05, 4.69) is 0 Å². The number of benzene rings is 1. The molecule has 0 amide bonds. The van der Waals surface area contributed by atoms with Crippen LogP contribution in [0.1, 0.15) is 31.1 Å². The highest BCUT2D eigenvalue weighted by atomic mass is 32.1. The summed E-state index contributed by atoms with van der Waals surface area (Å²) in [6.07, 6.45) is 0. The highest BCUT2D eigenvalue weighted by Crippen LogP contribution is 2.39. The van der Waals surface area contributed by atoms with Crippen LogP contribution < -0.4 is 5.73 Å². The first-order valence-electron chi connectivity index (χ1n) is 7.08. The Morgan fingerprint density at radius 1 is 1.35 bits per heavy atom. The van der Waals surface area contributed by atoms with Gasteiger partial charge in [-0.3, -0.25) is 0 Å². The smallest absolute Gasteiger partial charge is 0.342 e. The zero-order chi connectivity index (χ0) is 16.8. The largest absolute Gasteiger partial charge is 0.504 e. The van der Waals surface area contributed by atoms with Gasteiger partial charge in [-0.25, -0.2) is 4.79 Å². The van der Waals surface area contributed by atoms with Gasteiger partial charge in [0, 0.05) is 16.3 Å². The summed E-state index contributed by atoms with van der Waals surface area (Å²) in [6, 6.07) is 6.87. The zero-order valence-corrected chi connectivity index (χ0v) is 13.9. The Labute approximate surface area is 137 Å². The van der Waals surface area contributed by atoms with Gasteiger partial charge < -0.3 is 20.0 Å². The number of nitrogen functional groups attached to an aromatic ring is 1. The third kappa shape index (κ3) is 2.90. The summed E-state index contributed by atoms with van der Waals surface area (Å²) in [4.78, 5) is 12.4. The number of carbonyl (C=O) groups is 1. The first-order chi connectivity index (χ1) is 10.8. The number of para-hydroxylation sites is 1. The molecule has 0 saturated carbocycles. The van der Waals surface area contributed by atoms with Crippen molar-refractivity contribution in [2.45, 2.75) is 26.4 Å². The summed E-state index contributed by atoms with van der Waals surface area (Å²) in [5.41, 5.74) is 6.57. The number of hydrogen-bond acceptors (Lipinski definition) is 6. The quantitative estimate of drug-likeness (QED) is 0.680. The highest BCUT2D eigenvalue weighted by Gasteiger charge is 2.26. The molecule has 1 aromatic carbocycles. The van der Waals surface area contributed by atoms with Crippen molar-refractivity contribution in [2.75, 3.05) is 5.73 Å². The van der Waals surface area contributed by atoms with E-state index in [-0.39, 0.29) is 5.75 Å². The van der Waals surface area contributed by atoms with Crippen LogP contribution >= 0.6 is 11.3 Å². The number of thiophene rings is 1. The van der Waals surface area contributed by atoms with Gasteiger partial charge in [-0.05, 0) is 32.9 Å². The van der Waals surface area contributed by atoms with Crippen LogP contribution in [0.25, 0.3) is 22.3 Å². The lowest BCUT2D eigenvalue weighted by atomic mass is 10.1. The number of fused-ring (bicyclic) bond motifs is 1. The van der Waals surface area contributed by atoms with E-state index in [4.69, 9.17) is 14.9 Å². The maximum atomic E-state index is 12.4. The van der Waals surface area contributed by atoms with Crippen molar-refractivity contribution < 1.29 is 19.1 Å². The van der Waals surface area contributed by atoms with Crippen molar-refractivity contribution in [1.29, 1.82) is 0 Å². The first-order valence-corrected chi connectivity index (χ1v) is 7.96. The number of phenolic OH excluding ortho intramolecular Hbond substituents is 1. The Morgan fingerprint density at radius 3 is 2.74 bits per heavy atom. The predicted octanol–water partition coefficient (Wildman–Crippen LogP) is 4.40. The number of anilines is 1. The molecule has 0 bridgehead atoms. The van der Waals surface area contributed by atoms with Gasteiger partial charge >= 0.3 is 5.97 Å². The second-order valence-corrected chi connectivity index (χ2v) is 7.11. The lowest BCUT2D eigenvalue weighted by Gasteiger charge is -2.19. The fraction of sp³-hybridized carbons (Fsp3) is 0.235. The van der Waals surface area contributed by atoms with Gasteiger partial charge in [0.05, 0.1) is 0 Å². The van der Waals surface area contributed by atoms with Gasteiger partial charge in [0.1, 0.15) is 21.9 Å². The number of rotatable bonds is 2. The minimum absolute atomic E-state index is 0.0516. The van der Waals surface area contributed by atoms with Gasteiger partial charge in [-0.2, -0.15) is 0 Å². The van der Waals surface area contributed by atoms with E-state index in [1.165, 1.54) is 11.3 Å². The van der Waals surface area contributed by atoms with Crippen LogP contribution in [0.4, 0.5) is 5.00 Å². The Kier molecular flexibility index (Phi) is 3.56. The van der Waals surface area contributed by atoms with E-state index in [0.29, 0.717) is 27.5 Å². The second-order valence-electron chi connectivity index (χ2n) is 6.20. The molecule has 5 nitrogen and oxygen atoms in total. The van der Waals surface area contributed by atoms with Crippen molar-refractivity contribution in [3.63, 3.8) is 0 Å². The van der Waals surface area contributed by atoms with Crippen LogP contribution in [0.3, 0.4) is 0 Å². The van der Waals surface area contributed by atoms with E-state index in [9.17, 15) is 9.90 Å². The fourth-order valence-corrected chi connectivity index (χ4v) is 3.06. The summed E-state index contributed by atoms with van der Waals surface area (Å²) in [6.45, 7) is 5.39. The second kappa shape index (κ2) is 5.31. The summed E-state index contributed by atoms with van der Waals surface area (Å²) >= 11 is 1.25. The number of hydrogen-bond donors (Lipinski definition) is 2. The summed E-state index contributed by atoms with van der Waals surface area (Å²) < 4.78 is 11.1. The molecule has 0 radical (unpaired) electrons. The summed E-state index contributed by atoms with van der Waals surface area (Å²) in [5.74, 6) is 0.0296. The summed E-state index contributed by atoms with van der Waals surface area (Å²) in [5, 5.41) is 12.7. The average Bonchev–Trinajstić information content (AvgIpc) is 3.00. The van der Waals surface area contributed by atoms with Gasteiger partial charge in [0.2, 0.25) is 0 Å². The van der Waals surface area contributed by atoms with Crippen LogP contribution in [0, 0.1) is 0 Å².